The number of nitrogens with one attached hydrogen (secondary N) is 2. The van der Waals surface area contributed by atoms with Gasteiger partial charge in [0.05, 0.1) is 17.7 Å². The highest BCUT2D eigenvalue weighted by atomic mass is 35.5. The molecule has 0 aliphatic carbocycles. The van der Waals surface area contributed by atoms with E-state index < -0.39 is 0 Å². The van der Waals surface area contributed by atoms with Crippen LogP contribution in [0.15, 0.2) is 18.2 Å². The van der Waals surface area contributed by atoms with Crippen LogP contribution in [0.25, 0.3) is 0 Å². The van der Waals surface area contributed by atoms with Crippen LogP contribution in [-0.2, 0) is 4.79 Å². The predicted molar refractivity (Wildman–Crippen MR) is 75.5 cm³/mol. The molecule has 0 fully saturated rings. The van der Waals surface area contributed by atoms with Crippen LogP contribution >= 0.6 is 11.6 Å². The molecule has 1 aromatic rings. The molecule has 0 aromatic heterocycles. The van der Waals surface area contributed by atoms with Gasteiger partial charge in [-0.05, 0) is 13.1 Å². The Kier molecular flexibility index (Phi) is 4.66. The molecule has 0 saturated heterocycles. The van der Waals surface area contributed by atoms with Gasteiger partial charge < -0.3 is 15.4 Å². The Morgan fingerprint density at radius 3 is 3.11 bits per heavy atom. The normalized spacial score (nSPS) is 19.2. The average Bonchev–Trinajstić information content (AvgIpc) is 2.40. The van der Waals surface area contributed by atoms with E-state index in [1.54, 1.807) is 6.07 Å². The molecule has 1 aliphatic rings. The first kappa shape index (κ1) is 14.2. The zero-order valence-corrected chi connectivity index (χ0v) is 12.0. The fourth-order valence-electron chi connectivity index (χ4n) is 2.25. The fraction of sp³-hybridized carbons (Fsp3) is 0.500. The highest BCUT2D eigenvalue weighted by Crippen LogP contribution is 2.37. The van der Waals surface area contributed by atoms with Crippen molar-refractivity contribution in [2.45, 2.75) is 19.4 Å². The summed E-state index contributed by atoms with van der Waals surface area (Å²) in [5, 5.41) is 6.67. The first-order chi connectivity index (χ1) is 9.13. The third kappa shape index (κ3) is 3.19. The summed E-state index contributed by atoms with van der Waals surface area (Å²) in [4.78, 5) is 12.1. The Morgan fingerprint density at radius 1 is 1.58 bits per heavy atom. The van der Waals surface area contributed by atoms with Crippen LogP contribution in [0.5, 0.6) is 5.75 Å². The molecule has 5 heteroatoms. The Balaban J connectivity index is 2.12. The minimum Gasteiger partial charge on any atom is -0.492 e. The number of ether oxygens (including phenoxy) is 1. The van der Waals surface area contributed by atoms with E-state index in [1.807, 2.05) is 26.1 Å². The maximum Gasteiger partial charge on any atom is 0.224 e. The minimum absolute atomic E-state index is 0.0192. The first-order valence-electron chi connectivity index (χ1n) is 6.49. The Labute approximate surface area is 118 Å². The molecule has 0 spiro atoms. The summed E-state index contributed by atoms with van der Waals surface area (Å²) in [6.45, 7) is 3.14. The summed E-state index contributed by atoms with van der Waals surface area (Å²) < 4.78 is 5.58. The molecule has 2 N–H and O–H groups in total. The molecule has 1 aromatic carbocycles. The van der Waals surface area contributed by atoms with Gasteiger partial charge in [-0.25, -0.2) is 0 Å². The lowest BCUT2D eigenvalue weighted by molar-refractivity contribution is -0.125. The lowest BCUT2D eigenvalue weighted by Crippen LogP contribution is -2.38. The monoisotopic (exact) mass is 282 g/mol. The maximum atomic E-state index is 12.1. The summed E-state index contributed by atoms with van der Waals surface area (Å²) >= 11 is 6.11. The molecule has 0 bridgehead atoms. The van der Waals surface area contributed by atoms with Crippen LogP contribution in [0.2, 0.25) is 5.02 Å². The summed E-state index contributed by atoms with van der Waals surface area (Å²) in [5.41, 5.74) is 0.962. The molecular weight excluding hydrogens is 264 g/mol. The number of rotatable bonds is 4. The third-order valence-electron chi connectivity index (χ3n) is 3.30. The number of amides is 1. The summed E-state index contributed by atoms with van der Waals surface area (Å²) in [7, 11) is 1.84. The number of benzene rings is 1. The first-order valence-corrected chi connectivity index (χ1v) is 6.87. The Bertz CT molecular complexity index is 465. The summed E-state index contributed by atoms with van der Waals surface area (Å²) in [6.07, 6.45) is 0.769. The van der Waals surface area contributed by atoms with Crippen molar-refractivity contribution in [3.63, 3.8) is 0 Å². The molecule has 2 rings (SSSR count). The molecule has 0 radical (unpaired) electrons. The van der Waals surface area contributed by atoms with Gasteiger partial charge in [0.15, 0.2) is 0 Å². The number of para-hydroxylation sites is 1. The second-order valence-electron chi connectivity index (χ2n) is 4.82. The Morgan fingerprint density at radius 2 is 2.37 bits per heavy atom. The van der Waals surface area contributed by atoms with Crippen LogP contribution in [0.3, 0.4) is 0 Å². The zero-order chi connectivity index (χ0) is 13.8. The quantitative estimate of drug-likeness (QED) is 0.890. The van der Waals surface area contributed by atoms with Crippen molar-refractivity contribution >= 4 is 17.5 Å². The van der Waals surface area contributed by atoms with Crippen molar-refractivity contribution in [2.24, 2.45) is 5.92 Å². The van der Waals surface area contributed by atoms with Gasteiger partial charge in [0.25, 0.3) is 0 Å². The molecule has 1 aliphatic heterocycles. The third-order valence-corrected chi connectivity index (χ3v) is 3.60. The highest BCUT2D eigenvalue weighted by Gasteiger charge is 2.25. The van der Waals surface area contributed by atoms with Crippen LogP contribution in [0, 0.1) is 5.92 Å². The van der Waals surface area contributed by atoms with Gasteiger partial charge in [-0.1, -0.05) is 30.7 Å². The average molecular weight is 283 g/mol. The molecular formula is C14H19ClN2O2. The van der Waals surface area contributed by atoms with Crippen LogP contribution in [0.4, 0.5) is 0 Å². The van der Waals surface area contributed by atoms with Crippen molar-refractivity contribution in [1.29, 1.82) is 0 Å². The zero-order valence-electron chi connectivity index (χ0n) is 11.2. The lowest BCUT2D eigenvalue weighted by Gasteiger charge is -2.28. The van der Waals surface area contributed by atoms with E-state index in [0.29, 0.717) is 23.9 Å². The molecule has 1 heterocycles. The van der Waals surface area contributed by atoms with Crippen molar-refractivity contribution in [1.82, 2.24) is 10.6 Å². The van der Waals surface area contributed by atoms with Crippen molar-refractivity contribution in [2.75, 3.05) is 20.2 Å². The number of hydrogen-bond donors (Lipinski definition) is 2. The van der Waals surface area contributed by atoms with Crippen LogP contribution < -0.4 is 15.4 Å². The molecule has 2 atom stereocenters. The van der Waals surface area contributed by atoms with Gasteiger partial charge >= 0.3 is 0 Å². The number of fused-ring (bicyclic) bond motifs is 1. The lowest BCUT2D eigenvalue weighted by atomic mass is 9.99. The Hall–Kier alpha value is -1.26. The van der Waals surface area contributed by atoms with E-state index in [-0.39, 0.29) is 17.9 Å². The van der Waals surface area contributed by atoms with Crippen molar-refractivity contribution in [3.05, 3.63) is 28.8 Å². The van der Waals surface area contributed by atoms with E-state index in [0.717, 1.165) is 12.0 Å². The smallest absolute Gasteiger partial charge is 0.224 e. The molecule has 1 amide bonds. The number of hydrogen-bond acceptors (Lipinski definition) is 3. The van der Waals surface area contributed by atoms with E-state index in [4.69, 9.17) is 16.3 Å². The number of halogens is 1. The molecule has 2 unspecified atom stereocenters. The van der Waals surface area contributed by atoms with Gasteiger partial charge in [0, 0.05) is 24.4 Å². The van der Waals surface area contributed by atoms with Crippen molar-refractivity contribution < 1.29 is 9.53 Å². The van der Waals surface area contributed by atoms with Gasteiger partial charge in [-0.3, -0.25) is 4.79 Å². The molecule has 19 heavy (non-hydrogen) atoms. The number of carbonyl (C=O) groups excluding carboxylic acids is 1. The minimum atomic E-state index is -0.0597. The van der Waals surface area contributed by atoms with E-state index >= 15 is 0 Å². The van der Waals surface area contributed by atoms with E-state index in [2.05, 4.69) is 10.6 Å². The second-order valence-corrected chi connectivity index (χ2v) is 5.22. The van der Waals surface area contributed by atoms with Gasteiger partial charge in [-0.15, -0.1) is 0 Å². The summed E-state index contributed by atoms with van der Waals surface area (Å²) in [6, 6.07) is 5.61. The van der Waals surface area contributed by atoms with Gasteiger partial charge in [-0.2, -0.15) is 0 Å². The predicted octanol–water partition coefficient (Wildman–Crippen LogP) is 2.14. The largest absolute Gasteiger partial charge is 0.492 e. The van der Waals surface area contributed by atoms with Gasteiger partial charge in [0.2, 0.25) is 5.91 Å². The second kappa shape index (κ2) is 6.26. The molecule has 4 nitrogen and oxygen atoms in total. The SMILES string of the molecule is CNCC(C)C(=O)NC1CCOc2c(Cl)cccc21. The standard InChI is InChI=1S/C14H19ClN2O2/c1-9(8-16-2)14(18)17-12-6-7-19-13-10(12)4-3-5-11(13)15/h3-5,9,12,16H,6-8H2,1-2H3,(H,17,18). The number of carbonyl (C=O) groups is 1. The van der Waals surface area contributed by atoms with E-state index in [1.165, 1.54) is 0 Å². The fourth-order valence-corrected chi connectivity index (χ4v) is 2.49. The molecule has 104 valence electrons. The van der Waals surface area contributed by atoms with Gasteiger partial charge in [0.1, 0.15) is 5.75 Å². The van der Waals surface area contributed by atoms with Crippen LogP contribution in [-0.4, -0.2) is 26.1 Å². The highest BCUT2D eigenvalue weighted by molar-refractivity contribution is 6.32. The van der Waals surface area contributed by atoms with Crippen molar-refractivity contribution in [3.8, 4) is 5.75 Å². The maximum absolute atomic E-state index is 12.1. The molecule has 0 saturated carbocycles. The topological polar surface area (TPSA) is 50.4 Å². The van der Waals surface area contributed by atoms with Crippen LogP contribution in [0.1, 0.15) is 24.9 Å². The summed E-state index contributed by atoms with van der Waals surface area (Å²) in [5.74, 6) is 0.685. The van der Waals surface area contributed by atoms with E-state index in [9.17, 15) is 4.79 Å².